The van der Waals surface area contributed by atoms with Gasteiger partial charge < -0.3 is 9.47 Å². The van der Waals surface area contributed by atoms with E-state index in [1.165, 1.54) is 0 Å². The molecule has 1 aromatic rings. The van der Waals surface area contributed by atoms with E-state index >= 15 is 0 Å². The Morgan fingerprint density at radius 2 is 2.17 bits per heavy atom. The highest BCUT2D eigenvalue weighted by molar-refractivity contribution is 6.09. The molecule has 0 radical (unpaired) electrons. The fourth-order valence-corrected chi connectivity index (χ4v) is 1.62. The number of fused-ring (bicyclic) bond motifs is 3. The van der Waals surface area contributed by atoms with E-state index in [4.69, 9.17) is 9.47 Å². The lowest BCUT2D eigenvalue weighted by atomic mass is 9.86. The van der Waals surface area contributed by atoms with Crippen LogP contribution in [0.15, 0.2) is 12.1 Å². The van der Waals surface area contributed by atoms with Gasteiger partial charge in [0.1, 0.15) is 0 Å². The molecule has 1 heterocycles. The molecule has 0 atom stereocenters. The summed E-state index contributed by atoms with van der Waals surface area (Å²) < 4.78 is 10.3. The van der Waals surface area contributed by atoms with Gasteiger partial charge in [-0.3, -0.25) is 4.79 Å². The number of carbonyl (C=O) groups is 1. The SMILES string of the molecule is O=C1Cc2ccc3c(c21)OCO3. The first kappa shape index (κ1) is 6.06. The van der Waals surface area contributed by atoms with Crippen LogP contribution in [0.2, 0.25) is 0 Å². The van der Waals surface area contributed by atoms with Crippen molar-refractivity contribution in [2.75, 3.05) is 6.79 Å². The van der Waals surface area contributed by atoms with Gasteiger partial charge in [-0.25, -0.2) is 0 Å². The predicted octanol–water partition coefficient (Wildman–Crippen LogP) is 1.15. The first-order valence-corrected chi connectivity index (χ1v) is 3.81. The van der Waals surface area contributed by atoms with Gasteiger partial charge in [0, 0.05) is 6.42 Å². The van der Waals surface area contributed by atoms with Crippen molar-refractivity contribution in [3.63, 3.8) is 0 Å². The molecule has 0 bridgehead atoms. The van der Waals surface area contributed by atoms with Gasteiger partial charge in [-0.05, 0) is 11.6 Å². The molecule has 0 unspecified atom stereocenters. The third-order valence-electron chi connectivity index (χ3n) is 2.26. The molecule has 1 aliphatic carbocycles. The van der Waals surface area contributed by atoms with Crippen molar-refractivity contribution in [1.29, 1.82) is 0 Å². The summed E-state index contributed by atoms with van der Waals surface area (Å²) in [6.45, 7) is 0.235. The largest absolute Gasteiger partial charge is 0.454 e. The highest BCUT2D eigenvalue weighted by atomic mass is 16.7. The highest BCUT2D eigenvalue weighted by Crippen LogP contribution is 2.42. The second-order valence-corrected chi connectivity index (χ2v) is 2.93. The first-order valence-electron chi connectivity index (χ1n) is 3.81. The second-order valence-electron chi connectivity index (χ2n) is 2.93. The third kappa shape index (κ3) is 0.548. The van der Waals surface area contributed by atoms with Crippen molar-refractivity contribution >= 4 is 5.78 Å². The molecule has 0 N–H and O–H groups in total. The summed E-state index contributed by atoms with van der Waals surface area (Å²) in [5.41, 5.74) is 1.80. The van der Waals surface area contributed by atoms with Crippen molar-refractivity contribution in [2.45, 2.75) is 6.42 Å². The van der Waals surface area contributed by atoms with Gasteiger partial charge >= 0.3 is 0 Å². The average Bonchev–Trinajstić information content (AvgIpc) is 2.47. The monoisotopic (exact) mass is 162 g/mol. The molecular weight excluding hydrogens is 156 g/mol. The number of rotatable bonds is 0. The van der Waals surface area contributed by atoms with E-state index in [-0.39, 0.29) is 12.6 Å². The van der Waals surface area contributed by atoms with Crippen LogP contribution in [0.25, 0.3) is 0 Å². The van der Waals surface area contributed by atoms with Crippen molar-refractivity contribution in [2.24, 2.45) is 0 Å². The molecule has 1 aromatic carbocycles. The molecule has 60 valence electrons. The van der Waals surface area contributed by atoms with Crippen molar-refractivity contribution in [1.82, 2.24) is 0 Å². The maximum Gasteiger partial charge on any atom is 0.231 e. The Balaban J connectivity index is 2.30. The number of carbonyl (C=O) groups excluding carboxylic acids is 1. The second kappa shape index (κ2) is 1.80. The number of hydrogen-bond donors (Lipinski definition) is 0. The highest BCUT2D eigenvalue weighted by Gasteiger charge is 2.32. The third-order valence-corrected chi connectivity index (χ3v) is 2.26. The number of benzene rings is 1. The molecule has 0 saturated heterocycles. The van der Waals surface area contributed by atoms with Crippen LogP contribution in [-0.4, -0.2) is 12.6 Å². The van der Waals surface area contributed by atoms with Crippen LogP contribution in [0.5, 0.6) is 11.5 Å². The molecular formula is C9H6O3. The minimum Gasteiger partial charge on any atom is -0.454 e. The number of Topliss-reactive ketones (excluding diaryl/α,β-unsaturated/α-hetero) is 1. The number of ketones is 1. The smallest absolute Gasteiger partial charge is 0.231 e. The first-order chi connectivity index (χ1) is 5.86. The predicted molar refractivity (Wildman–Crippen MR) is 40.6 cm³/mol. The van der Waals surface area contributed by atoms with Gasteiger partial charge in [0.2, 0.25) is 6.79 Å². The van der Waals surface area contributed by atoms with E-state index in [1.54, 1.807) is 0 Å². The molecule has 3 nitrogen and oxygen atoms in total. The summed E-state index contributed by atoms with van der Waals surface area (Å²) >= 11 is 0. The minimum absolute atomic E-state index is 0.160. The Morgan fingerprint density at radius 1 is 1.25 bits per heavy atom. The lowest BCUT2D eigenvalue weighted by molar-refractivity contribution is 0.0962. The fraction of sp³-hybridized carbons (Fsp3) is 0.222. The molecule has 0 amide bonds. The lowest BCUT2D eigenvalue weighted by Crippen LogP contribution is -2.19. The lowest BCUT2D eigenvalue weighted by Gasteiger charge is -2.17. The Kier molecular flexibility index (Phi) is 0.909. The van der Waals surface area contributed by atoms with Gasteiger partial charge in [0.25, 0.3) is 0 Å². The Hall–Kier alpha value is -1.51. The zero-order valence-corrected chi connectivity index (χ0v) is 6.29. The normalized spacial score (nSPS) is 17.2. The van der Waals surface area contributed by atoms with E-state index in [9.17, 15) is 4.79 Å². The van der Waals surface area contributed by atoms with E-state index in [0.29, 0.717) is 17.9 Å². The standard InChI is InChI=1S/C9H6O3/c10-6-3-5-1-2-7-9(8(5)6)12-4-11-7/h1-2H,3-4H2. The summed E-state index contributed by atoms with van der Waals surface area (Å²) in [7, 11) is 0. The average molecular weight is 162 g/mol. The van der Waals surface area contributed by atoms with Crippen LogP contribution in [0.4, 0.5) is 0 Å². The van der Waals surface area contributed by atoms with Gasteiger partial charge in [-0.15, -0.1) is 0 Å². The summed E-state index contributed by atoms with van der Waals surface area (Å²) in [4.78, 5) is 11.1. The topological polar surface area (TPSA) is 35.5 Å². The van der Waals surface area contributed by atoms with E-state index in [0.717, 1.165) is 11.1 Å². The molecule has 0 spiro atoms. The quantitative estimate of drug-likeness (QED) is 0.574. The minimum atomic E-state index is 0.160. The maximum absolute atomic E-state index is 11.1. The maximum atomic E-state index is 11.1. The fourth-order valence-electron chi connectivity index (χ4n) is 1.62. The Labute approximate surface area is 68.9 Å². The summed E-state index contributed by atoms with van der Waals surface area (Å²) in [5, 5.41) is 0. The summed E-state index contributed by atoms with van der Waals surface area (Å²) in [6.07, 6.45) is 0.548. The molecule has 3 heteroatoms. The van der Waals surface area contributed by atoms with Crippen LogP contribution in [-0.2, 0) is 6.42 Å². The number of ether oxygens (including phenoxy) is 2. The molecule has 1 aliphatic heterocycles. The van der Waals surface area contributed by atoms with Gasteiger partial charge in [0.05, 0.1) is 5.56 Å². The zero-order valence-electron chi connectivity index (χ0n) is 6.29. The zero-order chi connectivity index (χ0) is 8.13. The Morgan fingerprint density at radius 3 is 3.00 bits per heavy atom. The van der Waals surface area contributed by atoms with Gasteiger partial charge in [-0.2, -0.15) is 0 Å². The van der Waals surface area contributed by atoms with Crippen molar-refractivity contribution in [3.8, 4) is 11.5 Å². The molecule has 0 aromatic heterocycles. The van der Waals surface area contributed by atoms with Crippen molar-refractivity contribution < 1.29 is 14.3 Å². The molecule has 2 aliphatic rings. The van der Waals surface area contributed by atoms with Crippen LogP contribution >= 0.6 is 0 Å². The van der Waals surface area contributed by atoms with Crippen LogP contribution in [0.1, 0.15) is 15.9 Å². The van der Waals surface area contributed by atoms with Gasteiger partial charge in [0.15, 0.2) is 17.3 Å². The molecule has 0 fully saturated rings. The Bertz CT molecular complexity index is 382. The van der Waals surface area contributed by atoms with E-state index in [2.05, 4.69) is 0 Å². The summed E-state index contributed by atoms with van der Waals surface area (Å²) in [5.74, 6) is 1.50. The van der Waals surface area contributed by atoms with Gasteiger partial charge in [-0.1, -0.05) is 6.07 Å². The molecule has 3 rings (SSSR count). The van der Waals surface area contributed by atoms with Crippen LogP contribution < -0.4 is 9.47 Å². The molecule has 0 saturated carbocycles. The molecule has 12 heavy (non-hydrogen) atoms. The van der Waals surface area contributed by atoms with Crippen molar-refractivity contribution in [3.05, 3.63) is 23.3 Å². The van der Waals surface area contributed by atoms with Crippen LogP contribution in [0.3, 0.4) is 0 Å². The van der Waals surface area contributed by atoms with Crippen LogP contribution in [0, 0.1) is 0 Å². The van der Waals surface area contributed by atoms with E-state index in [1.807, 2.05) is 12.1 Å². The van der Waals surface area contributed by atoms with E-state index < -0.39 is 0 Å². The number of hydrogen-bond acceptors (Lipinski definition) is 3. The summed E-state index contributed by atoms with van der Waals surface area (Å²) in [6, 6.07) is 3.78.